The summed E-state index contributed by atoms with van der Waals surface area (Å²) in [4.78, 5) is 15.1. The smallest absolute Gasteiger partial charge is 0.177 e. The Kier molecular flexibility index (Phi) is 7.10. The Balaban J connectivity index is 2.91. The molecule has 2 heteroatoms. The molecule has 0 spiro atoms. The highest BCUT2D eigenvalue weighted by Gasteiger charge is 2.19. The Bertz CT molecular complexity index is 455. The lowest BCUT2D eigenvalue weighted by Gasteiger charge is -2.28. The van der Waals surface area contributed by atoms with Crippen LogP contribution in [0.25, 0.3) is 0 Å². The van der Waals surface area contributed by atoms with Gasteiger partial charge in [0, 0.05) is 11.6 Å². The van der Waals surface area contributed by atoms with Gasteiger partial charge in [-0.25, -0.2) is 0 Å². The lowest BCUT2D eigenvalue weighted by atomic mass is 9.96. The molecule has 1 aromatic rings. The average molecular weight is 289 g/mol. The topological polar surface area (TPSA) is 20.3 Å². The fourth-order valence-electron chi connectivity index (χ4n) is 2.96. The molecule has 0 radical (unpaired) electrons. The van der Waals surface area contributed by atoms with Crippen LogP contribution in [0.4, 0.5) is 0 Å². The van der Waals surface area contributed by atoms with E-state index >= 15 is 0 Å². The van der Waals surface area contributed by atoms with E-state index in [-0.39, 0.29) is 5.78 Å². The zero-order valence-corrected chi connectivity index (χ0v) is 14.6. The van der Waals surface area contributed by atoms with E-state index in [0.717, 1.165) is 36.1 Å². The Hall–Kier alpha value is -1.15. The van der Waals surface area contributed by atoms with E-state index in [0.29, 0.717) is 12.6 Å². The first-order valence-corrected chi connectivity index (χ1v) is 8.25. The fourth-order valence-corrected chi connectivity index (χ4v) is 2.96. The molecule has 0 saturated carbocycles. The van der Waals surface area contributed by atoms with Crippen molar-refractivity contribution >= 4 is 5.78 Å². The molecule has 0 fully saturated rings. The molecule has 1 rings (SSSR count). The van der Waals surface area contributed by atoms with E-state index in [9.17, 15) is 4.79 Å². The lowest BCUT2D eigenvalue weighted by Crippen LogP contribution is -2.38. The number of unbranched alkanes of at least 4 members (excludes halogenated alkanes) is 1. The van der Waals surface area contributed by atoms with E-state index in [1.807, 2.05) is 13.8 Å². The molecular weight excluding hydrogens is 258 g/mol. The molecule has 0 aliphatic heterocycles. The van der Waals surface area contributed by atoms with Crippen molar-refractivity contribution in [2.75, 3.05) is 13.1 Å². The highest BCUT2D eigenvalue weighted by Crippen LogP contribution is 2.18. The van der Waals surface area contributed by atoms with Crippen LogP contribution < -0.4 is 0 Å². The van der Waals surface area contributed by atoms with Gasteiger partial charge < -0.3 is 0 Å². The van der Waals surface area contributed by atoms with Crippen LogP contribution in [0.3, 0.4) is 0 Å². The molecular formula is C19H31NO. The van der Waals surface area contributed by atoms with Gasteiger partial charge >= 0.3 is 0 Å². The van der Waals surface area contributed by atoms with Gasteiger partial charge in [-0.2, -0.15) is 0 Å². The van der Waals surface area contributed by atoms with Gasteiger partial charge in [0.05, 0.1) is 6.54 Å². The summed E-state index contributed by atoms with van der Waals surface area (Å²) in [6, 6.07) is 4.69. The summed E-state index contributed by atoms with van der Waals surface area (Å²) in [7, 11) is 0. The molecule has 1 aromatic carbocycles. The van der Waals surface area contributed by atoms with Gasteiger partial charge in [0.15, 0.2) is 5.78 Å². The third-order valence-corrected chi connectivity index (χ3v) is 4.32. The van der Waals surface area contributed by atoms with Gasteiger partial charge in [0.1, 0.15) is 0 Å². The Morgan fingerprint density at radius 1 is 1.14 bits per heavy atom. The maximum absolute atomic E-state index is 12.7. The van der Waals surface area contributed by atoms with E-state index in [1.165, 1.54) is 12.0 Å². The summed E-state index contributed by atoms with van der Waals surface area (Å²) in [5.74, 6) is 0.265. The number of nitrogens with zero attached hydrogens (tertiary/aromatic N) is 1. The molecule has 0 saturated heterocycles. The number of ketones is 1. The first kappa shape index (κ1) is 17.9. The normalized spacial score (nSPS) is 12.7. The molecule has 0 aliphatic rings. The third-order valence-electron chi connectivity index (χ3n) is 4.32. The molecule has 0 heterocycles. The van der Waals surface area contributed by atoms with Gasteiger partial charge in [-0.3, -0.25) is 9.69 Å². The minimum Gasteiger partial charge on any atom is -0.293 e. The molecule has 2 nitrogen and oxygen atoms in total. The number of carbonyl (C=O) groups excluding carboxylic acids is 1. The summed E-state index contributed by atoms with van der Waals surface area (Å²) in [5, 5.41) is 0. The second-order valence-corrected chi connectivity index (χ2v) is 6.28. The van der Waals surface area contributed by atoms with Crippen molar-refractivity contribution in [2.45, 2.75) is 66.8 Å². The number of benzene rings is 1. The lowest BCUT2D eigenvalue weighted by molar-refractivity contribution is 0.0893. The van der Waals surface area contributed by atoms with Crippen molar-refractivity contribution in [1.29, 1.82) is 0 Å². The summed E-state index contributed by atoms with van der Waals surface area (Å²) in [5.41, 5.74) is 4.37. The molecule has 0 amide bonds. The summed E-state index contributed by atoms with van der Waals surface area (Å²) >= 11 is 0. The van der Waals surface area contributed by atoms with Crippen LogP contribution in [0.15, 0.2) is 12.1 Å². The van der Waals surface area contributed by atoms with Crippen LogP contribution in [0.1, 0.15) is 67.1 Å². The quantitative estimate of drug-likeness (QED) is 0.647. The van der Waals surface area contributed by atoms with E-state index in [2.05, 4.69) is 44.7 Å². The highest BCUT2D eigenvalue weighted by atomic mass is 16.1. The third kappa shape index (κ3) is 4.96. The number of hydrogen-bond donors (Lipinski definition) is 0. The van der Waals surface area contributed by atoms with E-state index in [1.54, 1.807) is 0 Å². The molecule has 21 heavy (non-hydrogen) atoms. The zero-order valence-electron chi connectivity index (χ0n) is 14.6. The number of aryl methyl sites for hydroxylation is 3. The van der Waals surface area contributed by atoms with Crippen LogP contribution >= 0.6 is 0 Å². The molecule has 118 valence electrons. The average Bonchev–Trinajstić information content (AvgIpc) is 2.41. The van der Waals surface area contributed by atoms with Crippen LogP contribution in [0.2, 0.25) is 0 Å². The van der Waals surface area contributed by atoms with Crippen molar-refractivity contribution in [3.63, 3.8) is 0 Å². The first-order valence-electron chi connectivity index (χ1n) is 8.25. The Morgan fingerprint density at radius 2 is 1.71 bits per heavy atom. The molecule has 1 atom stereocenters. The minimum absolute atomic E-state index is 0.265. The molecule has 1 unspecified atom stereocenters. The monoisotopic (exact) mass is 289 g/mol. The fraction of sp³-hybridized carbons (Fsp3) is 0.632. The highest BCUT2D eigenvalue weighted by molar-refractivity contribution is 6.00. The van der Waals surface area contributed by atoms with Crippen molar-refractivity contribution in [3.8, 4) is 0 Å². The molecule has 0 bridgehead atoms. The zero-order chi connectivity index (χ0) is 16.0. The largest absolute Gasteiger partial charge is 0.293 e. The van der Waals surface area contributed by atoms with Gasteiger partial charge in [-0.15, -0.1) is 0 Å². The molecule has 0 aromatic heterocycles. The summed E-state index contributed by atoms with van der Waals surface area (Å²) in [6.45, 7) is 14.3. The maximum Gasteiger partial charge on any atom is 0.177 e. The van der Waals surface area contributed by atoms with Crippen molar-refractivity contribution in [2.24, 2.45) is 0 Å². The van der Waals surface area contributed by atoms with Crippen molar-refractivity contribution in [1.82, 2.24) is 4.90 Å². The van der Waals surface area contributed by atoms with Crippen molar-refractivity contribution < 1.29 is 4.79 Å². The predicted molar refractivity (Wildman–Crippen MR) is 91.2 cm³/mol. The first-order chi connectivity index (χ1) is 9.90. The van der Waals surface area contributed by atoms with Gasteiger partial charge in [-0.05, 0) is 58.2 Å². The number of Topliss-reactive ketones (excluding diaryl/α,β-unsaturated/α-hetero) is 1. The van der Waals surface area contributed by atoms with Gasteiger partial charge in [0.2, 0.25) is 0 Å². The van der Waals surface area contributed by atoms with Gasteiger partial charge in [-0.1, -0.05) is 38.0 Å². The van der Waals surface area contributed by atoms with Crippen molar-refractivity contribution in [3.05, 3.63) is 34.4 Å². The molecule has 0 aliphatic carbocycles. The van der Waals surface area contributed by atoms with E-state index in [4.69, 9.17) is 0 Å². The van der Waals surface area contributed by atoms with Gasteiger partial charge in [0.25, 0.3) is 0 Å². The Labute approximate surface area is 130 Å². The predicted octanol–water partition coefficient (Wildman–Crippen LogP) is 4.70. The summed E-state index contributed by atoms with van der Waals surface area (Å²) in [6.07, 6.45) is 3.41. The van der Waals surface area contributed by atoms with Crippen LogP contribution in [-0.4, -0.2) is 29.8 Å². The second-order valence-electron chi connectivity index (χ2n) is 6.28. The SMILES string of the molecule is CCCCN(CC(=O)c1c(C)cc(C)cc1C)C(C)CC. The number of rotatable bonds is 8. The maximum atomic E-state index is 12.7. The Morgan fingerprint density at radius 3 is 2.19 bits per heavy atom. The molecule has 0 N–H and O–H groups in total. The van der Waals surface area contributed by atoms with Crippen LogP contribution in [0, 0.1) is 20.8 Å². The van der Waals surface area contributed by atoms with E-state index < -0.39 is 0 Å². The minimum atomic E-state index is 0.265. The summed E-state index contributed by atoms with van der Waals surface area (Å²) < 4.78 is 0. The second kappa shape index (κ2) is 8.33. The number of hydrogen-bond acceptors (Lipinski definition) is 2. The standard InChI is InChI=1S/C19H31NO/c1-7-9-10-20(17(6)8-2)13-18(21)19-15(4)11-14(3)12-16(19)5/h11-12,17H,7-10,13H2,1-6H3. The van der Waals surface area contributed by atoms with Crippen LogP contribution in [-0.2, 0) is 0 Å². The number of carbonyl (C=O) groups is 1. The van der Waals surface area contributed by atoms with Crippen LogP contribution in [0.5, 0.6) is 0 Å².